The van der Waals surface area contributed by atoms with E-state index in [1.807, 2.05) is 60.8 Å². The first-order valence-electron chi connectivity index (χ1n) is 9.00. The molecule has 0 bridgehead atoms. The quantitative estimate of drug-likeness (QED) is 0.474. The van der Waals surface area contributed by atoms with Crippen molar-refractivity contribution in [2.45, 2.75) is 13.1 Å². The fourth-order valence-electron chi connectivity index (χ4n) is 2.84. The van der Waals surface area contributed by atoms with Crippen molar-refractivity contribution in [2.24, 2.45) is 0 Å². The van der Waals surface area contributed by atoms with Gasteiger partial charge in [-0.05, 0) is 60.2 Å². The smallest absolute Gasteiger partial charge is 0.174 e. The van der Waals surface area contributed by atoms with Crippen molar-refractivity contribution in [3.8, 4) is 11.5 Å². The van der Waals surface area contributed by atoms with Crippen LogP contribution in [-0.2, 0) is 13.1 Å². The molecule has 0 aliphatic carbocycles. The Bertz CT molecular complexity index is 952. The largest absolute Gasteiger partial charge is 0.497 e. The SMILES string of the molecule is COc1ccc(CN(Cc2cccnc2)C(=S)Nc2ccc(Br)cc2)c(OC)c1. The molecule has 0 unspecified atom stereocenters. The van der Waals surface area contributed by atoms with Crippen LogP contribution in [-0.4, -0.2) is 29.2 Å². The monoisotopic (exact) mass is 471 g/mol. The van der Waals surface area contributed by atoms with E-state index in [0.29, 0.717) is 18.2 Å². The maximum atomic E-state index is 5.73. The first-order chi connectivity index (χ1) is 14.1. The van der Waals surface area contributed by atoms with E-state index in [4.69, 9.17) is 21.7 Å². The molecule has 0 amide bonds. The Kier molecular flexibility index (Phi) is 7.43. The lowest BCUT2D eigenvalue weighted by molar-refractivity contribution is 0.370. The Hall–Kier alpha value is -2.64. The van der Waals surface area contributed by atoms with Crippen LogP contribution < -0.4 is 14.8 Å². The minimum absolute atomic E-state index is 0.574. The molecule has 0 spiro atoms. The van der Waals surface area contributed by atoms with Gasteiger partial charge in [-0.25, -0.2) is 0 Å². The van der Waals surface area contributed by atoms with Gasteiger partial charge in [0.15, 0.2) is 5.11 Å². The lowest BCUT2D eigenvalue weighted by Gasteiger charge is -2.27. The Morgan fingerprint density at radius 1 is 1.07 bits per heavy atom. The Morgan fingerprint density at radius 2 is 1.86 bits per heavy atom. The Morgan fingerprint density at radius 3 is 2.52 bits per heavy atom. The zero-order chi connectivity index (χ0) is 20.6. The van der Waals surface area contributed by atoms with Crippen LogP contribution in [0.3, 0.4) is 0 Å². The number of rotatable bonds is 7. The van der Waals surface area contributed by atoms with E-state index < -0.39 is 0 Å². The highest BCUT2D eigenvalue weighted by molar-refractivity contribution is 9.10. The van der Waals surface area contributed by atoms with E-state index >= 15 is 0 Å². The second-order valence-corrected chi connectivity index (χ2v) is 7.63. The van der Waals surface area contributed by atoms with Crippen molar-refractivity contribution in [2.75, 3.05) is 19.5 Å². The number of ether oxygens (including phenoxy) is 2. The molecule has 0 saturated heterocycles. The van der Waals surface area contributed by atoms with Gasteiger partial charge in [0, 0.05) is 47.3 Å². The maximum absolute atomic E-state index is 5.73. The number of thiocarbonyl (C=S) groups is 1. The van der Waals surface area contributed by atoms with E-state index in [-0.39, 0.29) is 0 Å². The van der Waals surface area contributed by atoms with Gasteiger partial charge in [-0.15, -0.1) is 0 Å². The van der Waals surface area contributed by atoms with Gasteiger partial charge >= 0.3 is 0 Å². The summed E-state index contributed by atoms with van der Waals surface area (Å²) in [4.78, 5) is 6.30. The van der Waals surface area contributed by atoms with Gasteiger partial charge in [0.1, 0.15) is 11.5 Å². The van der Waals surface area contributed by atoms with Gasteiger partial charge in [0.2, 0.25) is 0 Å². The van der Waals surface area contributed by atoms with Crippen molar-refractivity contribution in [3.63, 3.8) is 0 Å². The number of nitrogens with zero attached hydrogens (tertiary/aromatic N) is 2. The zero-order valence-corrected chi connectivity index (χ0v) is 18.7. The van der Waals surface area contributed by atoms with Crippen LogP contribution in [0.1, 0.15) is 11.1 Å². The first kappa shape index (κ1) is 21.1. The summed E-state index contributed by atoms with van der Waals surface area (Å²) in [6.07, 6.45) is 3.61. The summed E-state index contributed by atoms with van der Waals surface area (Å²) in [7, 11) is 3.29. The number of pyridine rings is 1. The van der Waals surface area contributed by atoms with Crippen LogP contribution in [0.5, 0.6) is 11.5 Å². The molecule has 0 atom stereocenters. The summed E-state index contributed by atoms with van der Waals surface area (Å²) in [5.74, 6) is 1.51. The maximum Gasteiger partial charge on any atom is 0.174 e. The molecule has 1 heterocycles. The molecule has 1 aromatic heterocycles. The number of benzene rings is 2. The van der Waals surface area contributed by atoms with Crippen LogP contribution in [0.2, 0.25) is 0 Å². The summed E-state index contributed by atoms with van der Waals surface area (Å²) in [6, 6.07) is 17.7. The van der Waals surface area contributed by atoms with Crippen LogP contribution in [0.15, 0.2) is 71.5 Å². The molecule has 0 aliphatic rings. The van der Waals surface area contributed by atoms with E-state index in [0.717, 1.165) is 32.8 Å². The molecule has 29 heavy (non-hydrogen) atoms. The highest BCUT2D eigenvalue weighted by Gasteiger charge is 2.15. The fraction of sp³-hybridized carbons (Fsp3) is 0.182. The lowest BCUT2D eigenvalue weighted by Crippen LogP contribution is -2.34. The third kappa shape index (κ3) is 5.92. The highest BCUT2D eigenvalue weighted by Crippen LogP contribution is 2.26. The number of halogens is 1. The summed E-state index contributed by atoms with van der Waals surface area (Å²) >= 11 is 9.19. The molecule has 0 aliphatic heterocycles. The Balaban J connectivity index is 1.84. The molecule has 7 heteroatoms. The molecule has 0 radical (unpaired) electrons. The summed E-state index contributed by atoms with van der Waals surface area (Å²) < 4.78 is 11.9. The Labute approximate surface area is 184 Å². The van der Waals surface area contributed by atoms with Gasteiger partial charge < -0.3 is 19.7 Å². The van der Waals surface area contributed by atoms with Crippen LogP contribution in [0.25, 0.3) is 0 Å². The van der Waals surface area contributed by atoms with Gasteiger partial charge in [-0.2, -0.15) is 0 Å². The molecule has 3 rings (SSSR count). The minimum atomic E-state index is 0.574. The molecule has 1 N–H and O–H groups in total. The molecule has 2 aromatic carbocycles. The molecule has 5 nitrogen and oxygen atoms in total. The van der Waals surface area contributed by atoms with E-state index in [2.05, 4.69) is 31.1 Å². The van der Waals surface area contributed by atoms with Crippen LogP contribution >= 0.6 is 28.1 Å². The normalized spacial score (nSPS) is 10.3. The molecular weight excluding hydrogens is 450 g/mol. The molecule has 0 saturated carbocycles. The van der Waals surface area contributed by atoms with Crippen molar-refractivity contribution in [1.82, 2.24) is 9.88 Å². The van der Waals surface area contributed by atoms with Gasteiger partial charge in [0.05, 0.1) is 14.2 Å². The highest BCUT2D eigenvalue weighted by atomic mass is 79.9. The predicted molar refractivity (Wildman–Crippen MR) is 123 cm³/mol. The average molecular weight is 472 g/mol. The van der Waals surface area contributed by atoms with E-state index in [9.17, 15) is 0 Å². The molecule has 150 valence electrons. The van der Waals surface area contributed by atoms with E-state index in [1.54, 1.807) is 20.4 Å². The summed E-state index contributed by atoms with van der Waals surface area (Å²) in [5, 5.41) is 3.94. The van der Waals surface area contributed by atoms with Crippen molar-refractivity contribution >= 4 is 38.9 Å². The third-order valence-corrected chi connectivity index (χ3v) is 5.22. The zero-order valence-electron chi connectivity index (χ0n) is 16.3. The molecule has 0 fully saturated rings. The average Bonchev–Trinajstić information content (AvgIpc) is 2.75. The van der Waals surface area contributed by atoms with Crippen LogP contribution in [0, 0.1) is 0 Å². The minimum Gasteiger partial charge on any atom is -0.497 e. The van der Waals surface area contributed by atoms with Crippen molar-refractivity contribution < 1.29 is 9.47 Å². The second kappa shape index (κ2) is 10.2. The number of aromatic nitrogens is 1. The second-order valence-electron chi connectivity index (χ2n) is 6.33. The van der Waals surface area contributed by atoms with Crippen LogP contribution in [0.4, 0.5) is 5.69 Å². The number of hydrogen-bond donors (Lipinski definition) is 1. The molecule has 3 aromatic rings. The standard InChI is InChI=1S/C22H22BrN3O2S/c1-27-20-10-5-17(21(12-20)28-2)15-26(14-16-4-3-11-24-13-16)22(29)25-19-8-6-18(23)7-9-19/h3-13H,14-15H2,1-2H3,(H,25,29). The predicted octanol–water partition coefficient (Wildman–Crippen LogP) is 5.26. The van der Waals surface area contributed by atoms with Gasteiger partial charge in [-0.1, -0.05) is 22.0 Å². The molecular formula is C22H22BrN3O2S. The third-order valence-electron chi connectivity index (χ3n) is 4.33. The number of methoxy groups -OCH3 is 2. The van der Waals surface area contributed by atoms with Crippen molar-refractivity contribution in [1.29, 1.82) is 0 Å². The number of hydrogen-bond acceptors (Lipinski definition) is 4. The van der Waals surface area contributed by atoms with Gasteiger partial charge in [0.25, 0.3) is 0 Å². The van der Waals surface area contributed by atoms with Gasteiger partial charge in [-0.3, -0.25) is 4.98 Å². The summed E-state index contributed by atoms with van der Waals surface area (Å²) in [6.45, 7) is 1.19. The topological polar surface area (TPSA) is 46.6 Å². The first-order valence-corrected chi connectivity index (χ1v) is 10.2. The number of anilines is 1. The number of nitrogens with one attached hydrogen (secondary N) is 1. The van der Waals surface area contributed by atoms with Crippen molar-refractivity contribution in [3.05, 3.63) is 82.6 Å². The summed E-state index contributed by atoms with van der Waals surface area (Å²) in [5.41, 5.74) is 3.01. The fourth-order valence-corrected chi connectivity index (χ4v) is 3.35. The lowest BCUT2D eigenvalue weighted by atomic mass is 10.1. The van der Waals surface area contributed by atoms with E-state index in [1.165, 1.54) is 0 Å².